The number of fused-ring (bicyclic) bond motifs is 1. The lowest BCUT2D eigenvalue weighted by Gasteiger charge is -2.05. The monoisotopic (exact) mass is 319 g/mol. The van der Waals surface area contributed by atoms with Gasteiger partial charge in [0.05, 0.1) is 5.52 Å². The molecule has 4 rings (SSSR count). The Morgan fingerprint density at radius 2 is 2.12 bits per heavy atom. The first kappa shape index (κ1) is 14.9. The van der Waals surface area contributed by atoms with Crippen LogP contribution in [0.15, 0.2) is 48.7 Å². The molecule has 4 nitrogen and oxygen atoms in total. The lowest BCUT2D eigenvalue weighted by atomic mass is 10.1. The summed E-state index contributed by atoms with van der Waals surface area (Å²) in [5, 5.41) is 3.02. The number of carbonyl (C=O) groups excluding carboxylic acids is 1. The largest absolute Gasteiger partial charge is 0.350 e. The molecule has 1 aliphatic carbocycles. The van der Waals surface area contributed by atoms with E-state index in [1.807, 2.05) is 24.4 Å². The Balaban J connectivity index is 1.49. The number of hydrogen-bond acceptors (Lipinski definition) is 2. The quantitative estimate of drug-likeness (QED) is 0.782. The van der Waals surface area contributed by atoms with Crippen molar-refractivity contribution in [2.75, 3.05) is 6.54 Å². The van der Waals surface area contributed by atoms with Crippen LogP contribution >= 0.6 is 0 Å². The molecule has 4 heteroatoms. The van der Waals surface area contributed by atoms with Crippen LogP contribution in [0.5, 0.6) is 0 Å². The molecule has 0 aliphatic heterocycles. The zero-order valence-electron chi connectivity index (χ0n) is 13.8. The first-order valence-corrected chi connectivity index (χ1v) is 8.53. The summed E-state index contributed by atoms with van der Waals surface area (Å²) in [4.78, 5) is 17.2. The highest BCUT2D eigenvalue weighted by atomic mass is 16.1. The van der Waals surface area contributed by atoms with Gasteiger partial charge in [-0.3, -0.25) is 4.79 Å². The first-order valence-electron chi connectivity index (χ1n) is 8.53. The van der Waals surface area contributed by atoms with E-state index in [0.29, 0.717) is 18.2 Å². The molecular formula is C20H21N3O. The van der Waals surface area contributed by atoms with Crippen LogP contribution in [0, 0.1) is 6.92 Å². The van der Waals surface area contributed by atoms with E-state index in [0.717, 1.165) is 17.8 Å². The van der Waals surface area contributed by atoms with Crippen LogP contribution in [-0.2, 0) is 6.42 Å². The number of imidazole rings is 1. The summed E-state index contributed by atoms with van der Waals surface area (Å²) < 4.78 is 2.06. The summed E-state index contributed by atoms with van der Waals surface area (Å²) in [5.41, 5.74) is 3.92. The lowest BCUT2D eigenvalue weighted by Crippen LogP contribution is -2.26. The predicted molar refractivity (Wildman–Crippen MR) is 94.4 cm³/mol. The number of nitrogens with one attached hydrogen (secondary N) is 1. The van der Waals surface area contributed by atoms with Gasteiger partial charge >= 0.3 is 0 Å². The van der Waals surface area contributed by atoms with Crippen molar-refractivity contribution in [3.63, 3.8) is 0 Å². The fraction of sp³-hybridized carbons (Fsp3) is 0.300. The predicted octanol–water partition coefficient (Wildman–Crippen LogP) is 3.49. The Hall–Kier alpha value is -2.62. The third kappa shape index (κ3) is 2.92. The molecule has 1 fully saturated rings. The molecular weight excluding hydrogens is 298 g/mol. The van der Waals surface area contributed by atoms with Gasteiger partial charge in [-0.05, 0) is 43.9 Å². The zero-order chi connectivity index (χ0) is 16.5. The van der Waals surface area contributed by atoms with Gasteiger partial charge in [0.1, 0.15) is 5.82 Å². The van der Waals surface area contributed by atoms with Crippen molar-refractivity contribution in [3.05, 3.63) is 71.3 Å². The Bertz CT molecular complexity index is 893. The Labute approximate surface area is 141 Å². The highest BCUT2D eigenvalue weighted by Gasteiger charge is 2.30. The van der Waals surface area contributed by atoms with Crippen LogP contribution in [0.3, 0.4) is 0 Å². The fourth-order valence-electron chi connectivity index (χ4n) is 3.13. The van der Waals surface area contributed by atoms with Crippen LogP contribution in [0.4, 0.5) is 0 Å². The number of carbonyl (C=O) groups is 1. The Morgan fingerprint density at radius 1 is 1.25 bits per heavy atom. The van der Waals surface area contributed by atoms with E-state index in [4.69, 9.17) is 0 Å². The van der Waals surface area contributed by atoms with Gasteiger partial charge in [-0.1, -0.05) is 35.9 Å². The van der Waals surface area contributed by atoms with Crippen LogP contribution in [0.25, 0.3) is 5.52 Å². The number of aromatic nitrogens is 2. The van der Waals surface area contributed by atoms with Crippen molar-refractivity contribution < 1.29 is 4.79 Å². The maximum Gasteiger partial charge on any atom is 0.272 e. The molecule has 122 valence electrons. The van der Waals surface area contributed by atoms with E-state index in [9.17, 15) is 4.79 Å². The summed E-state index contributed by atoms with van der Waals surface area (Å²) in [6.45, 7) is 2.70. The van der Waals surface area contributed by atoms with Crippen LogP contribution in [-0.4, -0.2) is 21.8 Å². The molecule has 0 saturated heterocycles. The first-order chi connectivity index (χ1) is 11.7. The average Bonchev–Trinajstić information content (AvgIpc) is 3.35. The number of rotatable bonds is 5. The molecule has 1 saturated carbocycles. The molecule has 0 atom stereocenters. The molecule has 2 aromatic heterocycles. The second kappa shape index (κ2) is 6.11. The SMILES string of the molecule is Cc1cccc(CCNC(=O)c2nc(C3CC3)n3ccccc23)c1. The summed E-state index contributed by atoms with van der Waals surface area (Å²) in [6, 6.07) is 14.3. The molecule has 1 N–H and O–H groups in total. The molecule has 2 heterocycles. The van der Waals surface area contributed by atoms with E-state index in [1.165, 1.54) is 24.0 Å². The van der Waals surface area contributed by atoms with E-state index in [1.54, 1.807) is 0 Å². The number of aryl methyl sites for hydroxylation is 1. The zero-order valence-corrected chi connectivity index (χ0v) is 13.8. The van der Waals surface area contributed by atoms with Gasteiger partial charge in [0, 0.05) is 18.7 Å². The second-order valence-corrected chi connectivity index (χ2v) is 6.54. The van der Waals surface area contributed by atoms with Crippen LogP contribution in [0.1, 0.15) is 46.2 Å². The highest BCUT2D eigenvalue weighted by molar-refractivity contribution is 5.99. The normalized spacial score (nSPS) is 14.0. The topological polar surface area (TPSA) is 46.4 Å². The van der Waals surface area contributed by atoms with Gasteiger partial charge in [0.2, 0.25) is 0 Å². The van der Waals surface area contributed by atoms with Crippen LogP contribution in [0.2, 0.25) is 0 Å². The molecule has 0 bridgehead atoms. The smallest absolute Gasteiger partial charge is 0.272 e. The average molecular weight is 319 g/mol. The van der Waals surface area contributed by atoms with Gasteiger partial charge in [-0.15, -0.1) is 0 Å². The van der Waals surface area contributed by atoms with Crippen molar-refractivity contribution in [1.82, 2.24) is 14.7 Å². The lowest BCUT2D eigenvalue weighted by molar-refractivity contribution is 0.0951. The van der Waals surface area contributed by atoms with Gasteiger partial charge in [-0.2, -0.15) is 0 Å². The van der Waals surface area contributed by atoms with Gasteiger partial charge in [-0.25, -0.2) is 4.98 Å². The van der Waals surface area contributed by atoms with E-state index in [-0.39, 0.29) is 5.91 Å². The minimum Gasteiger partial charge on any atom is -0.350 e. The standard InChI is InChI=1S/C20H21N3O/c1-14-5-4-6-15(13-14)10-11-21-20(24)18-17-7-2-3-12-23(17)19(22-18)16-8-9-16/h2-7,12-13,16H,8-11H2,1H3,(H,21,24). The number of benzene rings is 1. The Morgan fingerprint density at radius 3 is 2.92 bits per heavy atom. The third-order valence-corrected chi connectivity index (χ3v) is 4.51. The summed E-state index contributed by atoms with van der Waals surface area (Å²) in [7, 11) is 0. The summed E-state index contributed by atoms with van der Waals surface area (Å²) in [6.07, 6.45) is 5.17. The van der Waals surface area contributed by atoms with Crippen LogP contribution < -0.4 is 5.32 Å². The summed E-state index contributed by atoms with van der Waals surface area (Å²) in [5.74, 6) is 1.45. The second-order valence-electron chi connectivity index (χ2n) is 6.54. The number of hydrogen-bond donors (Lipinski definition) is 1. The van der Waals surface area contributed by atoms with E-state index < -0.39 is 0 Å². The van der Waals surface area contributed by atoms with Crippen molar-refractivity contribution in [2.45, 2.75) is 32.1 Å². The molecule has 24 heavy (non-hydrogen) atoms. The van der Waals surface area contributed by atoms with Crippen molar-refractivity contribution in [1.29, 1.82) is 0 Å². The summed E-state index contributed by atoms with van der Waals surface area (Å²) >= 11 is 0. The minimum absolute atomic E-state index is 0.0850. The fourth-order valence-corrected chi connectivity index (χ4v) is 3.13. The van der Waals surface area contributed by atoms with Gasteiger partial charge < -0.3 is 9.72 Å². The molecule has 1 aliphatic rings. The van der Waals surface area contributed by atoms with Crippen molar-refractivity contribution in [3.8, 4) is 0 Å². The maximum absolute atomic E-state index is 12.6. The molecule has 1 aromatic carbocycles. The number of amides is 1. The minimum atomic E-state index is -0.0850. The van der Waals surface area contributed by atoms with Gasteiger partial charge in [0.15, 0.2) is 5.69 Å². The highest BCUT2D eigenvalue weighted by Crippen LogP contribution is 2.39. The molecule has 0 unspecified atom stereocenters. The van der Waals surface area contributed by atoms with E-state index in [2.05, 4.69) is 45.9 Å². The maximum atomic E-state index is 12.6. The third-order valence-electron chi connectivity index (χ3n) is 4.51. The molecule has 3 aromatic rings. The van der Waals surface area contributed by atoms with Crippen molar-refractivity contribution in [2.24, 2.45) is 0 Å². The van der Waals surface area contributed by atoms with Gasteiger partial charge in [0.25, 0.3) is 5.91 Å². The number of pyridine rings is 1. The van der Waals surface area contributed by atoms with Crippen molar-refractivity contribution >= 4 is 11.4 Å². The molecule has 1 amide bonds. The molecule has 0 radical (unpaired) electrons. The van der Waals surface area contributed by atoms with E-state index >= 15 is 0 Å². The number of nitrogens with zero attached hydrogens (tertiary/aromatic N) is 2. The molecule has 0 spiro atoms. The Kier molecular flexibility index (Phi) is 3.81.